The maximum absolute atomic E-state index is 12.4. The summed E-state index contributed by atoms with van der Waals surface area (Å²) in [6, 6.07) is 7.53. The SMILES string of the molecule is CCN1CCN(CCCCN2C(=O)CCC(=O)c3ccccc32)CC1. The van der Waals surface area contributed by atoms with Gasteiger partial charge in [0.1, 0.15) is 0 Å². The van der Waals surface area contributed by atoms with E-state index in [0.29, 0.717) is 24.9 Å². The summed E-state index contributed by atoms with van der Waals surface area (Å²) in [5.41, 5.74) is 1.50. The van der Waals surface area contributed by atoms with Gasteiger partial charge < -0.3 is 14.7 Å². The van der Waals surface area contributed by atoms with Crippen LogP contribution in [0.15, 0.2) is 24.3 Å². The number of hydrogen-bond donors (Lipinski definition) is 0. The number of benzene rings is 1. The monoisotopic (exact) mass is 343 g/mol. The number of hydrogen-bond acceptors (Lipinski definition) is 4. The molecule has 0 radical (unpaired) electrons. The number of carbonyl (C=O) groups excluding carboxylic acids is 2. The third kappa shape index (κ3) is 4.47. The van der Waals surface area contributed by atoms with Crippen LogP contribution in [-0.4, -0.2) is 67.3 Å². The minimum Gasteiger partial charge on any atom is -0.312 e. The number of rotatable bonds is 6. The number of Topliss-reactive ketones (excluding diaryl/α,β-unsaturated/α-hetero) is 1. The van der Waals surface area contributed by atoms with Crippen molar-refractivity contribution in [3.8, 4) is 0 Å². The van der Waals surface area contributed by atoms with Gasteiger partial charge in [-0.3, -0.25) is 9.59 Å². The van der Waals surface area contributed by atoms with E-state index in [0.717, 1.165) is 57.8 Å². The molecule has 1 amide bonds. The van der Waals surface area contributed by atoms with Crippen LogP contribution in [0, 0.1) is 0 Å². The lowest BCUT2D eigenvalue weighted by atomic mass is 10.1. The molecule has 5 heteroatoms. The molecule has 0 unspecified atom stereocenters. The maximum Gasteiger partial charge on any atom is 0.227 e. The van der Waals surface area contributed by atoms with Gasteiger partial charge in [-0.2, -0.15) is 0 Å². The number of nitrogens with zero attached hydrogens (tertiary/aromatic N) is 3. The fourth-order valence-electron chi connectivity index (χ4n) is 3.75. The molecule has 3 rings (SSSR count). The maximum atomic E-state index is 12.4. The largest absolute Gasteiger partial charge is 0.312 e. The van der Waals surface area contributed by atoms with Gasteiger partial charge in [-0.1, -0.05) is 19.1 Å². The predicted octanol–water partition coefficient (Wildman–Crippen LogP) is 2.41. The number of carbonyl (C=O) groups is 2. The summed E-state index contributed by atoms with van der Waals surface area (Å²) in [6.07, 6.45) is 2.72. The number of likely N-dealkylation sites (N-methyl/N-ethyl adjacent to an activating group) is 1. The Morgan fingerprint density at radius 1 is 0.880 bits per heavy atom. The van der Waals surface area contributed by atoms with Crippen molar-refractivity contribution in [1.29, 1.82) is 0 Å². The van der Waals surface area contributed by atoms with Gasteiger partial charge in [0.2, 0.25) is 5.91 Å². The van der Waals surface area contributed by atoms with Gasteiger partial charge in [-0.05, 0) is 38.1 Å². The molecule has 136 valence electrons. The van der Waals surface area contributed by atoms with Crippen molar-refractivity contribution in [2.45, 2.75) is 32.6 Å². The Morgan fingerprint density at radius 3 is 2.32 bits per heavy atom. The van der Waals surface area contributed by atoms with E-state index >= 15 is 0 Å². The Hall–Kier alpha value is -1.72. The van der Waals surface area contributed by atoms with E-state index in [1.165, 1.54) is 0 Å². The van der Waals surface area contributed by atoms with Crippen molar-refractivity contribution in [2.75, 3.05) is 50.7 Å². The molecule has 0 N–H and O–H groups in total. The quantitative estimate of drug-likeness (QED) is 0.744. The minimum atomic E-state index is 0.0786. The highest BCUT2D eigenvalue weighted by molar-refractivity contribution is 6.09. The predicted molar refractivity (Wildman–Crippen MR) is 100 cm³/mol. The molecule has 25 heavy (non-hydrogen) atoms. The second-order valence-electron chi connectivity index (χ2n) is 6.97. The summed E-state index contributed by atoms with van der Waals surface area (Å²) in [5.74, 6) is 0.162. The average molecular weight is 343 g/mol. The molecule has 0 atom stereocenters. The minimum absolute atomic E-state index is 0.0786. The molecule has 1 aromatic rings. The lowest BCUT2D eigenvalue weighted by Crippen LogP contribution is -2.46. The van der Waals surface area contributed by atoms with Crippen LogP contribution in [-0.2, 0) is 4.79 Å². The number of piperazine rings is 1. The molecular formula is C20H29N3O2. The summed E-state index contributed by atoms with van der Waals surface area (Å²) in [7, 11) is 0. The number of para-hydroxylation sites is 1. The summed E-state index contributed by atoms with van der Waals surface area (Å²) in [6.45, 7) is 9.78. The van der Waals surface area contributed by atoms with Gasteiger partial charge >= 0.3 is 0 Å². The van der Waals surface area contributed by atoms with Crippen molar-refractivity contribution in [3.05, 3.63) is 29.8 Å². The third-order valence-electron chi connectivity index (χ3n) is 5.38. The van der Waals surface area contributed by atoms with Gasteiger partial charge in [-0.25, -0.2) is 0 Å². The van der Waals surface area contributed by atoms with Crippen molar-refractivity contribution in [2.24, 2.45) is 0 Å². The smallest absolute Gasteiger partial charge is 0.227 e. The molecular weight excluding hydrogens is 314 g/mol. The van der Waals surface area contributed by atoms with Crippen molar-refractivity contribution in [1.82, 2.24) is 9.80 Å². The molecule has 0 saturated carbocycles. The Morgan fingerprint density at radius 2 is 1.56 bits per heavy atom. The highest BCUT2D eigenvalue weighted by Crippen LogP contribution is 2.27. The van der Waals surface area contributed by atoms with E-state index in [9.17, 15) is 9.59 Å². The normalized spacial score (nSPS) is 19.8. The zero-order valence-corrected chi connectivity index (χ0v) is 15.2. The van der Waals surface area contributed by atoms with Crippen LogP contribution >= 0.6 is 0 Å². The molecule has 2 aliphatic rings. The van der Waals surface area contributed by atoms with E-state index in [-0.39, 0.29) is 11.7 Å². The molecule has 0 spiro atoms. The molecule has 2 heterocycles. The van der Waals surface area contributed by atoms with Crippen LogP contribution in [0.25, 0.3) is 0 Å². The number of amides is 1. The highest BCUT2D eigenvalue weighted by Gasteiger charge is 2.25. The zero-order chi connectivity index (χ0) is 17.6. The van der Waals surface area contributed by atoms with E-state index in [1.807, 2.05) is 29.2 Å². The first kappa shape index (κ1) is 18.1. The zero-order valence-electron chi connectivity index (χ0n) is 15.2. The Balaban J connectivity index is 1.51. The first-order valence-electron chi connectivity index (χ1n) is 9.56. The lowest BCUT2D eigenvalue weighted by molar-refractivity contribution is -0.118. The average Bonchev–Trinajstić information content (AvgIpc) is 2.77. The van der Waals surface area contributed by atoms with Crippen LogP contribution < -0.4 is 4.90 Å². The highest BCUT2D eigenvalue weighted by atomic mass is 16.2. The fraction of sp³-hybridized carbons (Fsp3) is 0.600. The summed E-state index contributed by atoms with van der Waals surface area (Å²) >= 11 is 0. The summed E-state index contributed by atoms with van der Waals surface area (Å²) in [5, 5.41) is 0. The first-order valence-corrected chi connectivity index (χ1v) is 9.56. The van der Waals surface area contributed by atoms with E-state index in [2.05, 4.69) is 16.7 Å². The molecule has 2 aliphatic heterocycles. The van der Waals surface area contributed by atoms with Gasteiger partial charge in [0, 0.05) is 51.1 Å². The fourth-order valence-corrected chi connectivity index (χ4v) is 3.75. The van der Waals surface area contributed by atoms with Gasteiger partial charge in [0.15, 0.2) is 5.78 Å². The van der Waals surface area contributed by atoms with Crippen LogP contribution in [0.5, 0.6) is 0 Å². The van der Waals surface area contributed by atoms with E-state index < -0.39 is 0 Å². The number of anilines is 1. The molecule has 1 aromatic carbocycles. The summed E-state index contributed by atoms with van der Waals surface area (Å²) in [4.78, 5) is 31.5. The second-order valence-corrected chi connectivity index (χ2v) is 6.97. The van der Waals surface area contributed by atoms with Crippen LogP contribution in [0.2, 0.25) is 0 Å². The molecule has 5 nitrogen and oxygen atoms in total. The van der Waals surface area contributed by atoms with Crippen molar-refractivity contribution < 1.29 is 9.59 Å². The number of unbranched alkanes of at least 4 members (excludes halogenated alkanes) is 1. The standard InChI is InChI=1S/C20H29N3O2/c1-2-21-13-15-22(16-14-21)11-5-6-12-23-18-8-4-3-7-17(18)19(24)9-10-20(23)25/h3-4,7-8H,2,5-6,9-16H2,1H3. The topological polar surface area (TPSA) is 43.9 Å². The molecule has 0 aromatic heterocycles. The van der Waals surface area contributed by atoms with Gasteiger partial charge in [0.05, 0.1) is 5.69 Å². The molecule has 1 saturated heterocycles. The number of fused-ring (bicyclic) bond motifs is 1. The van der Waals surface area contributed by atoms with E-state index in [4.69, 9.17) is 0 Å². The second kappa shape index (κ2) is 8.59. The van der Waals surface area contributed by atoms with Gasteiger partial charge in [-0.15, -0.1) is 0 Å². The Kier molecular flexibility index (Phi) is 6.21. The van der Waals surface area contributed by atoms with Crippen LogP contribution in [0.3, 0.4) is 0 Å². The Labute approximate surface area is 150 Å². The van der Waals surface area contributed by atoms with Gasteiger partial charge in [0.25, 0.3) is 0 Å². The lowest BCUT2D eigenvalue weighted by Gasteiger charge is -2.34. The molecule has 0 aliphatic carbocycles. The Bertz CT molecular complexity index is 609. The molecule has 1 fully saturated rings. The number of ketones is 1. The summed E-state index contributed by atoms with van der Waals surface area (Å²) < 4.78 is 0. The van der Waals surface area contributed by atoms with Crippen LogP contribution in [0.1, 0.15) is 43.0 Å². The first-order chi connectivity index (χ1) is 12.2. The third-order valence-corrected chi connectivity index (χ3v) is 5.38. The van der Waals surface area contributed by atoms with Crippen molar-refractivity contribution >= 4 is 17.4 Å². The van der Waals surface area contributed by atoms with Crippen molar-refractivity contribution in [3.63, 3.8) is 0 Å². The van der Waals surface area contributed by atoms with E-state index in [1.54, 1.807) is 0 Å². The van der Waals surface area contributed by atoms with Crippen LogP contribution in [0.4, 0.5) is 5.69 Å². The molecule has 0 bridgehead atoms.